The first-order chi connectivity index (χ1) is 8.13. The highest BCUT2D eigenvalue weighted by Crippen LogP contribution is 2.19. The number of hydrogen-bond donors (Lipinski definition) is 0. The van der Waals surface area contributed by atoms with Crippen molar-refractivity contribution >= 4 is 5.91 Å². The summed E-state index contributed by atoms with van der Waals surface area (Å²) in [4.78, 5) is 20.7. The zero-order valence-corrected chi connectivity index (χ0v) is 10.3. The van der Waals surface area contributed by atoms with Gasteiger partial charge in [-0.15, -0.1) is 0 Å². The van der Waals surface area contributed by atoms with Crippen LogP contribution in [-0.2, 0) is 14.4 Å². The van der Waals surface area contributed by atoms with Crippen LogP contribution in [0, 0.1) is 0 Å². The van der Waals surface area contributed by atoms with Gasteiger partial charge in [-0.3, -0.25) is 9.63 Å². The molecule has 6 heteroatoms. The number of hydrogen-bond acceptors (Lipinski definition) is 5. The maximum atomic E-state index is 11.9. The average Bonchev–Trinajstić information content (AvgIpc) is 2.39. The fourth-order valence-corrected chi connectivity index (χ4v) is 1.30. The van der Waals surface area contributed by atoms with Crippen molar-refractivity contribution in [3.63, 3.8) is 0 Å². The standard InChI is InChI=1S/C11H16N2O4/c1-13(17-4)11(14)10(16-3)8-5-6-9(15-2)12-7-8/h5-7,10H,1-4H3. The molecule has 1 atom stereocenters. The highest BCUT2D eigenvalue weighted by Gasteiger charge is 2.24. The molecule has 0 aromatic carbocycles. The lowest BCUT2D eigenvalue weighted by Gasteiger charge is -2.20. The summed E-state index contributed by atoms with van der Waals surface area (Å²) in [5.41, 5.74) is 0.641. The quantitative estimate of drug-likeness (QED) is 0.712. The number of aromatic nitrogens is 1. The summed E-state index contributed by atoms with van der Waals surface area (Å²) in [5.74, 6) is 0.179. The molecule has 1 aromatic heterocycles. The normalized spacial score (nSPS) is 12.0. The predicted octanol–water partition coefficient (Wildman–Crippen LogP) is 0.798. The van der Waals surface area contributed by atoms with E-state index in [0.717, 1.165) is 5.06 Å². The second-order valence-corrected chi connectivity index (χ2v) is 3.27. The van der Waals surface area contributed by atoms with E-state index in [4.69, 9.17) is 14.3 Å². The third-order valence-corrected chi connectivity index (χ3v) is 2.32. The molecule has 94 valence electrons. The molecular formula is C11H16N2O4. The van der Waals surface area contributed by atoms with E-state index in [1.54, 1.807) is 12.1 Å². The topological polar surface area (TPSA) is 60.9 Å². The van der Waals surface area contributed by atoms with Gasteiger partial charge in [0.1, 0.15) is 0 Å². The Morgan fingerprint density at radius 2 is 2.06 bits per heavy atom. The van der Waals surface area contributed by atoms with Gasteiger partial charge >= 0.3 is 0 Å². The van der Waals surface area contributed by atoms with Crippen molar-refractivity contribution in [1.29, 1.82) is 0 Å². The van der Waals surface area contributed by atoms with Gasteiger partial charge in [-0.05, 0) is 6.07 Å². The van der Waals surface area contributed by atoms with Crippen molar-refractivity contribution < 1.29 is 19.1 Å². The summed E-state index contributed by atoms with van der Waals surface area (Å²) in [6.07, 6.45) is 0.798. The molecule has 0 N–H and O–H groups in total. The molecule has 0 saturated heterocycles. The first-order valence-electron chi connectivity index (χ1n) is 4.98. The van der Waals surface area contributed by atoms with Crippen LogP contribution < -0.4 is 4.74 Å². The molecule has 1 aromatic rings. The molecule has 0 fully saturated rings. The summed E-state index contributed by atoms with van der Waals surface area (Å²) in [6, 6.07) is 3.39. The van der Waals surface area contributed by atoms with Crippen molar-refractivity contribution in [2.75, 3.05) is 28.4 Å². The molecular weight excluding hydrogens is 224 g/mol. The third kappa shape index (κ3) is 3.15. The fourth-order valence-electron chi connectivity index (χ4n) is 1.30. The van der Waals surface area contributed by atoms with E-state index >= 15 is 0 Å². The molecule has 1 unspecified atom stereocenters. The van der Waals surface area contributed by atoms with Crippen molar-refractivity contribution in [3.05, 3.63) is 23.9 Å². The van der Waals surface area contributed by atoms with Crippen LogP contribution in [0.15, 0.2) is 18.3 Å². The summed E-state index contributed by atoms with van der Waals surface area (Å²) < 4.78 is 10.1. The van der Waals surface area contributed by atoms with Gasteiger partial charge in [-0.2, -0.15) is 0 Å². The molecule has 0 aliphatic rings. The monoisotopic (exact) mass is 240 g/mol. The lowest BCUT2D eigenvalue weighted by atomic mass is 10.1. The minimum atomic E-state index is -0.738. The van der Waals surface area contributed by atoms with Crippen LogP contribution in [0.3, 0.4) is 0 Å². The van der Waals surface area contributed by atoms with Gasteiger partial charge in [0.15, 0.2) is 6.10 Å². The highest BCUT2D eigenvalue weighted by molar-refractivity contribution is 5.81. The van der Waals surface area contributed by atoms with Crippen LogP contribution in [0.2, 0.25) is 0 Å². The third-order valence-electron chi connectivity index (χ3n) is 2.32. The van der Waals surface area contributed by atoms with Crippen LogP contribution in [0.4, 0.5) is 0 Å². The second-order valence-electron chi connectivity index (χ2n) is 3.27. The summed E-state index contributed by atoms with van der Waals surface area (Å²) in [6.45, 7) is 0. The van der Waals surface area contributed by atoms with Crippen LogP contribution in [0.1, 0.15) is 11.7 Å². The van der Waals surface area contributed by atoms with Crippen LogP contribution in [0.25, 0.3) is 0 Å². The minimum absolute atomic E-state index is 0.304. The molecule has 1 rings (SSSR count). The Bertz CT molecular complexity index is 366. The summed E-state index contributed by atoms with van der Waals surface area (Å²) in [5, 5.41) is 1.11. The van der Waals surface area contributed by atoms with E-state index in [2.05, 4.69) is 4.98 Å². The second kappa shape index (κ2) is 6.17. The Morgan fingerprint density at radius 1 is 1.35 bits per heavy atom. The van der Waals surface area contributed by atoms with Gasteiger partial charge in [0, 0.05) is 32.0 Å². The van der Waals surface area contributed by atoms with E-state index in [-0.39, 0.29) is 5.91 Å². The van der Waals surface area contributed by atoms with Crippen molar-refractivity contribution in [2.45, 2.75) is 6.10 Å². The van der Waals surface area contributed by atoms with Gasteiger partial charge in [-0.1, -0.05) is 0 Å². The minimum Gasteiger partial charge on any atom is -0.481 e. The molecule has 0 saturated carbocycles. The molecule has 17 heavy (non-hydrogen) atoms. The van der Waals surface area contributed by atoms with Gasteiger partial charge < -0.3 is 9.47 Å². The molecule has 1 amide bonds. The summed E-state index contributed by atoms with van der Waals surface area (Å²) in [7, 11) is 5.91. The lowest BCUT2D eigenvalue weighted by Crippen LogP contribution is -2.31. The van der Waals surface area contributed by atoms with E-state index in [0.29, 0.717) is 11.4 Å². The Kier molecular flexibility index (Phi) is 4.86. The predicted molar refractivity (Wildman–Crippen MR) is 60.3 cm³/mol. The molecule has 6 nitrogen and oxygen atoms in total. The maximum absolute atomic E-state index is 11.9. The number of carbonyl (C=O) groups excluding carboxylic acids is 1. The number of methoxy groups -OCH3 is 2. The number of hydroxylamine groups is 2. The van der Waals surface area contributed by atoms with Crippen LogP contribution >= 0.6 is 0 Å². The zero-order chi connectivity index (χ0) is 12.8. The van der Waals surface area contributed by atoms with Gasteiger partial charge in [0.25, 0.3) is 5.91 Å². The first-order valence-corrected chi connectivity index (χ1v) is 4.98. The fraction of sp³-hybridized carbons (Fsp3) is 0.455. The molecule has 0 bridgehead atoms. The van der Waals surface area contributed by atoms with Crippen LogP contribution in [-0.4, -0.2) is 44.3 Å². The highest BCUT2D eigenvalue weighted by atomic mass is 16.7. The van der Waals surface area contributed by atoms with E-state index in [9.17, 15) is 4.79 Å². The lowest BCUT2D eigenvalue weighted by molar-refractivity contribution is -0.179. The molecule has 0 aliphatic carbocycles. The van der Waals surface area contributed by atoms with E-state index in [1.807, 2.05) is 0 Å². The van der Waals surface area contributed by atoms with E-state index in [1.165, 1.54) is 34.6 Å². The Morgan fingerprint density at radius 3 is 2.47 bits per heavy atom. The Labute approximate surface area is 100 Å². The SMILES string of the molecule is COc1ccc(C(OC)C(=O)N(C)OC)cn1. The average molecular weight is 240 g/mol. The maximum Gasteiger partial charge on any atom is 0.279 e. The van der Waals surface area contributed by atoms with Crippen molar-refractivity contribution in [1.82, 2.24) is 10.0 Å². The number of pyridine rings is 1. The number of carbonyl (C=O) groups is 1. The molecule has 0 aliphatic heterocycles. The Hall–Kier alpha value is -1.66. The van der Waals surface area contributed by atoms with Gasteiger partial charge in [-0.25, -0.2) is 10.0 Å². The van der Waals surface area contributed by atoms with Gasteiger partial charge in [0.05, 0.1) is 14.2 Å². The number of amides is 1. The van der Waals surface area contributed by atoms with Crippen molar-refractivity contribution in [3.8, 4) is 5.88 Å². The van der Waals surface area contributed by atoms with Gasteiger partial charge in [0.2, 0.25) is 5.88 Å². The number of likely N-dealkylation sites (N-methyl/N-ethyl adjacent to an activating group) is 1. The first kappa shape index (κ1) is 13.4. The zero-order valence-electron chi connectivity index (χ0n) is 10.3. The number of nitrogens with zero attached hydrogens (tertiary/aromatic N) is 2. The smallest absolute Gasteiger partial charge is 0.279 e. The number of ether oxygens (including phenoxy) is 2. The largest absolute Gasteiger partial charge is 0.481 e. The van der Waals surface area contributed by atoms with E-state index < -0.39 is 6.10 Å². The summed E-state index contributed by atoms with van der Waals surface area (Å²) >= 11 is 0. The number of rotatable bonds is 5. The Balaban J connectivity index is 2.89. The van der Waals surface area contributed by atoms with Crippen molar-refractivity contribution in [2.24, 2.45) is 0 Å². The van der Waals surface area contributed by atoms with Crippen LogP contribution in [0.5, 0.6) is 5.88 Å². The molecule has 0 radical (unpaired) electrons. The molecule has 0 spiro atoms. The molecule has 1 heterocycles.